The fraction of sp³-hybridized carbons (Fsp3) is 0.167. The molecule has 4 rings (SSSR count). The molecule has 3 aromatic rings. The highest BCUT2D eigenvalue weighted by Gasteiger charge is 2.22. The average molecular weight is 260 g/mol. The summed E-state index contributed by atoms with van der Waals surface area (Å²) in [4.78, 5) is 4.87. The fourth-order valence-corrected chi connectivity index (χ4v) is 3.18. The molecule has 0 bridgehead atoms. The number of hydrogen-bond acceptors (Lipinski definition) is 1. The van der Waals surface area contributed by atoms with Crippen LogP contribution in [0.4, 0.5) is 0 Å². The van der Waals surface area contributed by atoms with Gasteiger partial charge >= 0.3 is 0 Å². The zero-order valence-corrected chi connectivity index (χ0v) is 11.7. The minimum Gasteiger partial charge on any atom is -0.317 e. The Labute approximate surface area is 118 Å². The van der Waals surface area contributed by atoms with E-state index in [0.29, 0.717) is 6.04 Å². The van der Waals surface area contributed by atoms with Crippen LogP contribution in [0.15, 0.2) is 54.6 Å². The monoisotopic (exact) mass is 260 g/mol. The van der Waals surface area contributed by atoms with E-state index in [2.05, 4.69) is 67.0 Å². The third kappa shape index (κ3) is 1.48. The average Bonchev–Trinajstić information content (AvgIpc) is 2.86. The highest BCUT2D eigenvalue weighted by atomic mass is 15.1. The Morgan fingerprint density at radius 1 is 1.00 bits per heavy atom. The first kappa shape index (κ1) is 11.5. The predicted octanol–water partition coefficient (Wildman–Crippen LogP) is 4.68. The van der Waals surface area contributed by atoms with Gasteiger partial charge in [-0.25, -0.2) is 4.98 Å². The maximum absolute atomic E-state index is 4.87. The van der Waals surface area contributed by atoms with Crippen LogP contribution in [0.2, 0.25) is 0 Å². The molecule has 98 valence electrons. The van der Waals surface area contributed by atoms with Crippen molar-refractivity contribution in [2.24, 2.45) is 0 Å². The van der Waals surface area contributed by atoms with Crippen LogP contribution in [0, 0.1) is 0 Å². The van der Waals surface area contributed by atoms with Gasteiger partial charge in [0.2, 0.25) is 0 Å². The second-order valence-corrected chi connectivity index (χ2v) is 5.44. The van der Waals surface area contributed by atoms with Crippen LogP contribution in [0.1, 0.15) is 25.5 Å². The van der Waals surface area contributed by atoms with Crippen molar-refractivity contribution in [3.8, 4) is 11.4 Å². The lowest BCUT2D eigenvalue weighted by atomic mass is 9.99. The molecule has 20 heavy (non-hydrogen) atoms. The molecule has 1 aliphatic rings. The van der Waals surface area contributed by atoms with Gasteiger partial charge in [-0.05, 0) is 25.5 Å². The predicted molar refractivity (Wildman–Crippen MR) is 83.5 cm³/mol. The Kier molecular flexibility index (Phi) is 2.34. The van der Waals surface area contributed by atoms with Crippen molar-refractivity contribution in [1.82, 2.24) is 9.55 Å². The van der Waals surface area contributed by atoms with Gasteiger partial charge in [-0.1, -0.05) is 48.5 Å². The van der Waals surface area contributed by atoms with Gasteiger partial charge in [-0.2, -0.15) is 0 Å². The van der Waals surface area contributed by atoms with E-state index in [1.165, 1.54) is 22.2 Å². The van der Waals surface area contributed by atoms with Gasteiger partial charge in [0, 0.05) is 11.1 Å². The zero-order chi connectivity index (χ0) is 13.7. The number of rotatable bonds is 1. The van der Waals surface area contributed by atoms with E-state index in [0.717, 1.165) is 11.3 Å². The Hall–Kier alpha value is -2.35. The first-order chi connectivity index (χ1) is 9.75. The molecule has 0 spiro atoms. The minimum atomic E-state index is 0.338. The van der Waals surface area contributed by atoms with Crippen LogP contribution in [0.25, 0.3) is 28.0 Å². The van der Waals surface area contributed by atoms with Crippen LogP contribution in [-0.2, 0) is 0 Å². The molecule has 2 heterocycles. The van der Waals surface area contributed by atoms with Crippen molar-refractivity contribution in [3.05, 3.63) is 60.2 Å². The maximum Gasteiger partial charge on any atom is 0.141 e. The van der Waals surface area contributed by atoms with Crippen LogP contribution in [0.3, 0.4) is 0 Å². The summed E-state index contributed by atoms with van der Waals surface area (Å²) in [7, 11) is 0. The topological polar surface area (TPSA) is 17.8 Å². The highest BCUT2D eigenvalue weighted by Crippen LogP contribution is 2.37. The van der Waals surface area contributed by atoms with Crippen molar-refractivity contribution in [2.75, 3.05) is 0 Å². The summed E-state index contributed by atoms with van der Waals surface area (Å²) in [5.74, 6) is 1.06. The van der Waals surface area contributed by atoms with Crippen molar-refractivity contribution >= 4 is 16.6 Å². The van der Waals surface area contributed by atoms with E-state index in [4.69, 9.17) is 4.98 Å². The van der Waals surface area contributed by atoms with Gasteiger partial charge in [0.15, 0.2) is 0 Å². The van der Waals surface area contributed by atoms with E-state index >= 15 is 0 Å². The zero-order valence-electron chi connectivity index (χ0n) is 11.7. The number of benzene rings is 2. The van der Waals surface area contributed by atoms with Gasteiger partial charge in [-0.3, -0.25) is 0 Å². The summed E-state index contributed by atoms with van der Waals surface area (Å²) in [5.41, 5.74) is 6.17. The van der Waals surface area contributed by atoms with Gasteiger partial charge < -0.3 is 4.57 Å². The molecule has 2 heteroatoms. The molecule has 1 aliphatic heterocycles. The lowest BCUT2D eigenvalue weighted by Gasteiger charge is -2.22. The van der Waals surface area contributed by atoms with Gasteiger partial charge in [0.1, 0.15) is 5.82 Å². The molecule has 0 aliphatic carbocycles. The molecule has 0 saturated heterocycles. The van der Waals surface area contributed by atoms with Crippen molar-refractivity contribution < 1.29 is 0 Å². The van der Waals surface area contributed by atoms with E-state index in [1.54, 1.807) is 0 Å². The highest BCUT2D eigenvalue weighted by molar-refractivity contribution is 5.93. The lowest BCUT2D eigenvalue weighted by molar-refractivity contribution is 0.683. The van der Waals surface area contributed by atoms with Crippen molar-refractivity contribution in [3.63, 3.8) is 0 Å². The van der Waals surface area contributed by atoms with Gasteiger partial charge in [0.05, 0.1) is 17.1 Å². The van der Waals surface area contributed by atoms with Gasteiger partial charge in [0.25, 0.3) is 0 Å². The quantitative estimate of drug-likeness (QED) is 0.621. The molecular weight excluding hydrogens is 244 g/mol. The standard InChI is InChI=1S/C18H16N2/c1-12-11-13(2)20-17-15(12)9-6-10-16(17)19-18(20)14-7-4-3-5-8-14/h3-11,13H,1-2H3. The molecule has 1 unspecified atom stereocenters. The summed E-state index contributed by atoms with van der Waals surface area (Å²) < 4.78 is 2.35. The summed E-state index contributed by atoms with van der Waals surface area (Å²) in [5, 5.41) is 0. The summed E-state index contributed by atoms with van der Waals surface area (Å²) in [6.07, 6.45) is 2.32. The van der Waals surface area contributed by atoms with Crippen LogP contribution in [-0.4, -0.2) is 9.55 Å². The van der Waals surface area contributed by atoms with Crippen molar-refractivity contribution in [2.45, 2.75) is 19.9 Å². The number of imidazole rings is 1. The Morgan fingerprint density at radius 3 is 2.60 bits per heavy atom. The minimum absolute atomic E-state index is 0.338. The number of allylic oxidation sites excluding steroid dienone is 2. The largest absolute Gasteiger partial charge is 0.317 e. The molecule has 0 fully saturated rings. The molecule has 1 aromatic heterocycles. The number of nitrogens with zero attached hydrogens (tertiary/aromatic N) is 2. The molecule has 1 atom stereocenters. The normalized spacial score (nSPS) is 17.3. The van der Waals surface area contributed by atoms with E-state index in [-0.39, 0.29) is 0 Å². The molecule has 0 amide bonds. The smallest absolute Gasteiger partial charge is 0.141 e. The lowest BCUT2D eigenvalue weighted by Crippen LogP contribution is -2.09. The molecule has 2 aromatic carbocycles. The number of para-hydroxylation sites is 1. The maximum atomic E-state index is 4.87. The first-order valence-electron chi connectivity index (χ1n) is 7.01. The molecule has 0 radical (unpaired) electrons. The molecule has 2 nitrogen and oxygen atoms in total. The molecule has 0 saturated carbocycles. The van der Waals surface area contributed by atoms with E-state index < -0.39 is 0 Å². The first-order valence-corrected chi connectivity index (χ1v) is 7.01. The van der Waals surface area contributed by atoms with Crippen LogP contribution < -0.4 is 0 Å². The third-order valence-corrected chi connectivity index (χ3v) is 4.07. The number of hydrogen-bond donors (Lipinski definition) is 0. The Bertz CT molecular complexity index is 825. The third-order valence-electron chi connectivity index (χ3n) is 4.07. The Morgan fingerprint density at radius 2 is 1.80 bits per heavy atom. The second kappa shape index (κ2) is 4.07. The van der Waals surface area contributed by atoms with Crippen LogP contribution >= 0.6 is 0 Å². The Balaban J connectivity index is 2.10. The summed E-state index contributed by atoms with van der Waals surface area (Å²) >= 11 is 0. The SMILES string of the molecule is CC1=CC(C)n2c(-c3ccccc3)nc3cccc1c32. The molecule has 0 N–H and O–H groups in total. The summed E-state index contributed by atoms with van der Waals surface area (Å²) in [6, 6.07) is 17.2. The fourth-order valence-electron chi connectivity index (χ4n) is 3.18. The number of aromatic nitrogens is 2. The van der Waals surface area contributed by atoms with E-state index in [1.807, 2.05) is 6.07 Å². The van der Waals surface area contributed by atoms with Crippen molar-refractivity contribution in [1.29, 1.82) is 0 Å². The van der Waals surface area contributed by atoms with Gasteiger partial charge in [-0.15, -0.1) is 0 Å². The second-order valence-electron chi connectivity index (χ2n) is 5.44. The molecular formula is C18H16N2. The van der Waals surface area contributed by atoms with Crippen LogP contribution in [0.5, 0.6) is 0 Å². The van der Waals surface area contributed by atoms with E-state index in [9.17, 15) is 0 Å². The summed E-state index contributed by atoms with van der Waals surface area (Å²) in [6.45, 7) is 4.41.